The maximum Gasteiger partial charge on any atom is 0.407 e. The molecular weight excluding hydrogens is 346 g/mol. The number of pyridine rings is 2. The number of rotatable bonds is 4. The van der Waals surface area contributed by atoms with Crippen LogP contribution in [0.3, 0.4) is 0 Å². The fourth-order valence-corrected chi connectivity index (χ4v) is 3.14. The molecule has 0 aliphatic carbocycles. The number of aryl methyl sites for hydroxylation is 1. The number of imidazole rings is 1. The molecule has 0 saturated heterocycles. The number of aromatic nitrogens is 5. The van der Waals surface area contributed by atoms with E-state index in [1.165, 1.54) is 11.9 Å². The molecule has 4 aromatic rings. The zero-order valence-corrected chi connectivity index (χ0v) is 15.2. The van der Waals surface area contributed by atoms with Crippen LogP contribution >= 0.6 is 0 Å². The lowest BCUT2D eigenvalue weighted by molar-refractivity contribution is 0.153. The summed E-state index contributed by atoms with van der Waals surface area (Å²) in [6.07, 6.45) is 0.773. The van der Waals surface area contributed by atoms with E-state index >= 15 is 0 Å². The van der Waals surface area contributed by atoms with E-state index in [0.717, 1.165) is 33.5 Å². The van der Waals surface area contributed by atoms with Crippen molar-refractivity contribution in [1.82, 2.24) is 29.4 Å². The third-order valence-corrected chi connectivity index (χ3v) is 4.48. The van der Waals surface area contributed by atoms with E-state index < -0.39 is 6.09 Å². The van der Waals surface area contributed by atoms with Crippen LogP contribution in [0.15, 0.2) is 30.6 Å². The Morgan fingerprint density at radius 1 is 1.37 bits per heavy atom. The molecule has 0 aliphatic rings. The smallest absolute Gasteiger partial charge is 0.407 e. The van der Waals surface area contributed by atoms with Crippen molar-refractivity contribution in [1.29, 1.82) is 0 Å². The first-order chi connectivity index (χ1) is 13.0. The summed E-state index contributed by atoms with van der Waals surface area (Å²) in [6.45, 7) is 0.220. The van der Waals surface area contributed by atoms with Gasteiger partial charge in [-0.05, 0) is 18.2 Å². The summed E-state index contributed by atoms with van der Waals surface area (Å²) in [4.78, 5) is 29.2. The van der Waals surface area contributed by atoms with Gasteiger partial charge in [-0.1, -0.05) is 6.07 Å². The molecule has 0 radical (unpaired) electrons. The third kappa shape index (κ3) is 2.82. The summed E-state index contributed by atoms with van der Waals surface area (Å²) >= 11 is 0. The molecule has 9 nitrogen and oxygen atoms in total. The second-order valence-electron chi connectivity index (χ2n) is 6.36. The van der Waals surface area contributed by atoms with Crippen molar-refractivity contribution in [2.45, 2.75) is 6.54 Å². The number of carboxylic acid groups (broad SMARTS) is 1. The Labute approximate surface area is 154 Å². The number of anilines is 1. The summed E-state index contributed by atoms with van der Waals surface area (Å²) in [5, 5.41) is 13.1. The minimum atomic E-state index is -0.991. The minimum Gasteiger partial charge on any atom is -0.465 e. The Balaban J connectivity index is 1.82. The Morgan fingerprint density at radius 3 is 2.93 bits per heavy atom. The standard InChI is InChI=1S/C18H19N7O2/c1-19-17-14-15(25(3)9-20-14)11-7-13(22-16(11)23-17)12-6-4-5-10(21-12)8-24(2)18(26)27/h4-7,9H,8H2,1-3H3,(H,26,27)(H2,19,22,23). The highest BCUT2D eigenvalue weighted by molar-refractivity contribution is 6.07. The summed E-state index contributed by atoms with van der Waals surface area (Å²) in [6, 6.07) is 7.56. The van der Waals surface area contributed by atoms with Gasteiger partial charge in [0.1, 0.15) is 11.2 Å². The van der Waals surface area contributed by atoms with Gasteiger partial charge in [0.2, 0.25) is 0 Å². The lowest BCUT2D eigenvalue weighted by Gasteiger charge is -2.12. The van der Waals surface area contributed by atoms with E-state index in [4.69, 9.17) is 5.11 Å². The van der Waals surface area contributed by atoms with E-state index in [-0.39, 0.29) is 6.54 Å². The number of H-pyrrole nitrogens is 1. The van der Waals surface area contributed by atoms with E-state index in [1.54, 1.807) is 6.33 Å². The SMILES string of the molecule is CNc1nc2[nH]c(-c3cccc(CN(C)C(=O)O)n3)cc2c2c1ncn2C. The number of hydrogen-bond acceptors (Lipinski definition) is 5. The normalized spacial score (nSPS) is 11.2. The van der Waals surface area contributed by atoms with E-state index in [9.17, 15) is 4.79 Å². The van der Waals surface area contributed by atoms with Gasteiger partial charge in [0.05, 0.1) is 35.5 Å². The number of carbonyl (C=O) groups is 1. The third-order valence-electron chi connectivity index (χ3n) is 4.48. The van der Waals surface area contributed by atoms with Crippen molar-refractivity contribution in [2.75, 3.05) is 19.4 Å². The van der Waals surface area contributed by atoms with Crippen LogP contribution in [0, 0.1) is 0 Å². The maximum atomic E-state index is 11.0. The average molecular weight is 365 g/mol. The molecule has 9 heteroatoms. The Morgan fingerprint density at radius 2 is 2.19 bits per heavy atom. The molecule has 1 amide bonds. The number of fused-ring (bicyclic) bond motifs is 3. The molecule has 0 aromatic carbocycles. The van der Waals surface area contributed by atoms with Gasteiger partial charge in [0.25, 0.3) is 0 Å². The van der Waals surface area contributed by atoms with Gasteiger partial charge in [-0.25, -0.2) is 19.7 Å². The zero-order valence-electron chi connectivity index (χ0n) is 15.2. The molecule has 0 aliphatic heterocycles. The molecule has 0 fully saturated rings. The molecule has 4 rings (SSSR count). The van der Waals surface area contributed by atoms with Crippen molar-refractivity contribution in [3.05, 3.63) is 36.3 Å². The second-order valence-corrected chi connectivity index (χ2v) is 6.36. The molecule has 138 valence electrons. The minimum absolute atomic E-state index is 0.220. The van der Waals surface area contributed by atoms with Crippen LogP contribution in [0.25, 0.3) is 33.5 Å². The van der Waals surface area contributed by atoms with Crippen molar-refractivity contribution in [2.24, 2.45) is 7.05 Å². The Bertz CT molecular complexity index is 1160. The number of nitrogens with one attached hydrogen (secondary N) is 2. The largest absolute Gasteiger partial charge is 0.465 e. The maximum absolute atomic E-state index is 11.0. The summed E-state index contributed by atoms with van der Waals surface area (Å²) < 4.78 is 1.96. The highest BCUT2D eigenvalue weighted by Crippen LogP contribution is 2.31. The first kappa shape index (κ1) is 16.8. The zero-order chi connectivity index (χ0) is 19.1. The van der Waals surface area contributed by atoms with Gasteiger partial charge in [0, 0.05) is 26.5 Å². The Kier molecular flexibility index (Phi) is 3.91. The van der Waals surface area contributed by atoms with E-state index in [0.29, 0.717) is 11.5 Å². The van der Waals surface area contributed by atoms with Gasteiger partial charge < -0.3 is 24.9 Å². The van der Waals surface area contributed by atoms with Gasteiger partial charge in [-0.2, -0.15) is 0 Å². The van der Waals surface area contributed by atoms with Crippen LogP contribution in [0.1, 0.15) is 5.69 Å². The average Bonchev–Trinajstić information content (AvgIpc) is 3.24. The fraction of sp³-hybridized carbons (Fsp3) is 0.222. The molecule has 0 atom stereocenters. The molecule has 27 heavy (non-hydrogen) atoms. The van der Waals surface area contributed by atoms with Gasteiger partial charge in [-0.3, -0.25) is 0 Å². The fourth-order valence-electron chi connectivity index (χ4n) is 3.14. The van der Waals surface area contributed by atoms with Crippen LogP contribution < -0.4 is 5.32 Å². The van der Waals surface area contributed by atoms with Crippen molar-refractivity contribution in [3.63, 3.8) is 0 Å². The number of aromatic amines is 1. The first-order valence-electron chi connectivity index (χ1n) is 8.39. The van der Waals surface area contributed by atoms with Crippen LogP contribution in [0.4, 0.5) is 10.6 Å². The highest BCUT2D eigenvalue weighted by atomic mass is 16.4. The predicted octanol–water partition coefficient (Wildman–Crippen LogP) is 2.66. The lowest BCUT2D eigenvalue weighted by atomic mass is 10.2. The van der Waals surface area contributed by atoms with Crippen LogP contribution in [0.5, 0.6) is 0 Å². The molecule has 3 N–H and O–H groups in total. The molecular formula is C18H19N7O2. The predicted molar refractivity (Wildman–Crippen MR) is 103 cm³/mol. The molecule has 0 spiro atoms. The van der Waals surface area contributed by atoms with Gasteiger partial charge >= 0.3 is 6.09 Å². The van der Waals surface area contributed by atoms with Crippen LogP contribution in [-0.2, 0) is 13.6 Å². The lowest BCUT2D eigenvalue weighted by Crippen LogP contribution is -2.24. The summed E-state index contributed by atoms with van der Waals surface area (Å²) in [5.74, 6) is 0.705. The number of hydrogen-bond donors (Lipinski definition) is 3. The highest BCUT2D eigenvalue weighted by Gasteiger charge is 2.16. The molecule has 0 unspecified atom stereocenters. The topological polar surface area (TPSA) is 112 Å². The second kappa shape index (κ2) is 6.27. The van der Waals surface area contributed by atoms with Crippen LogP contribution in [-0.4, -0.2) is 54.7 Å². The molecule has 0 saturated carbocycles. The number of amides is 1. The summed E-state index contributed by atoms with van der Waals surface area (Å²) in [5.41, 5.74) is 4.74. The first-order valence-corrected chi connectivity index (χ1v) is 8.39. The van der Waals surface area contributed by atoms with Gasteiger partial charge in [-0.15, -0.1) is 0 Å². The molecule has 4 heterocycles. The molecule has 4 aromatic heterocycles. The summed E-state index contributed by atoms with van der Waals surface area (Å²) in [7, 11) is 5.28. The van der Waals surface area contributed by atoms with Gasteiger partial charge in [0.15, 0.2) is 5.82 Å². The van der Waals surface area contributed by atoms with Crippen molar-refractivity contribution in [3.8, 4) is 11.4 Å². The monoisotopic (exact) mass is 365 g/mol. The van der Waals surface area contributed by atoms with Crippen molar-refractivity contribution >= 4 is 34.0 Å². The quantitative estimate of drug-likeness (QED) is 0.513. The van der Waals surface area contributed by atoms with Crippen molar-refractivity contribution < 1.29 is 9.90 Å². The number of nitrogens with zero attached hydrogens (tertiary/aromatic N) is 5. The van der Waals surface area contributed by atoms with E-state index in [1.807, 2.05) is 42.9 Å². The molecule has 0 bridgehead atoms. The Hall–Kier alpha value is -3.62. The van der Waals surface area contributed by atoms with E-state index in [2.05, 4.69) is 25.3 Å². The van der Waals surface area contributed by atoms with Crippen LogP contribution in [0.2, 0.25) is 0 Å².